The molecule has 0 fully saturated rings. The molecule has 0 saturated carbocycles. The zero-order valence-electron chi connectivity index (χ0n) is 15.7. The van der Waals surface area contributed by atoms with Crippen LogP contribution in [0.5, 0.6) is 0 Å². The normalized spacial score (nSPS) is 13.8. The molecule has 0 unspecified atom stereocenters. The lowest BCUT2D eigenvalue weighted by Crippen LogP contribution is -2.06. The van der Waals surface area contributed by atoms with Crippen molar-refractivity contribution < 1.29 is 0 Å². The highest BCUT2D eigenvalue weighted by molar-refractivity contribution is 6.11. The summed E-state index contributed by atoms with van der Waals surface area (Å²) in [5, 5.41) is 0. The summed E-state index contributed by atoms with van der Waals surface area (Å²) in [5.74, 6) is 0.724. The van der Waals surface area contributed by atoms with Gasteiger partial charge in [-0.15, -0.1) is 0 Å². The SMILES string of the molecule is c1ccc(C2=C(c3ccccc3)C2C(c2ccccc2)c2ccccc2)cc1. The number of benzene rings is 4. The molecule has 4 aromatic carbocycles. The molecule has 0 heteroatoms. The quantitative estimate of drug-likeness (QED) is 0.358. The summed E-state index contributed by atoms with van der Waals surface area (Å²) in [4.78, 5) is 0. The van der Waals surface area contributed by atoms with E-state index in [1.54, 1.807) is 0 Å². The van der Waals surface area contributed by atoms with Gasteiger partial charge in [-0.2, -0.15) is 0 Å². The summed E-state index contributed by atoms with van der Waals surface area (Å²) in [5.41, 5.74) is 8.37. The van der Waals surface area contributed by atoms with Crippen molar-refractivity contribution >= 4 is 11.1 Å². The van der Waals surface area contributed by atoms with E-state index in [1.165, 1.54) is 33.4 Å². The standard InChI is InChI=1S/C28H22/c1-5-13-21(14-6-1)25(22-15-7-2-8-16-22)28-26(23-17-9-3-10-18-23)27(28)24-19-11-4-12-20-24/h1-20,25,28H. The maximum Gasteiger partial charge on any atom is 0.0217 e. The van der Waals surface area contributed by atoms with Crippen LogP contribution in [-0.4, -0.2) is 0 Å². The third kappa shape index (κ3) is 3.08. The van der Waals surface area contributed by atoms with Crippen molar-refractivity contribution in [1.82, 2.24) is 0 Å². The van der Waals surface area contributed by atoms with Crippen molar-refractivity contribution in [2.24, 2.45) is 5.92 Å². The van der Waals surface area contributed by atoms with Crippen molar-refractivity contribution in [3.8, 4) is 0 Å². The smallest absolute Gasteiger partial charge is 0.0217 e. The summed E-state index contributed by atoms with van der Waals surface area (Å²) < 4.78 is 0. The Hall–Kier alpha value is -3.38. The summed E-state index contributed by atoms with van der Waals surface area (Å²) >= 11 is 0. The fourth-order valence-corrected chi connectivity index (χ4v) is 4.38. The van der Waals surface area contributed by atoms with Crippen molar-refractivity contribution in [2.45, 2.75) is 5.92 Å². The van der Waals surface area contributed by atoms with Crippen LogP contribution in [0.3, 0.4) is 0 Å². The first-order valence-electron chi connectivity index (χ1n) is 9.88. The summed E-state index contributed by atoms with van der Waals surface area (Å²) in [6.07, 6.45) is 0. The number of hydrogen-bond donors (Lipinski definition) is 0. The molecule has 0 amide bonds. The van der Waals surface area contributed by atoms with Gasteiger partial charge in [-0.1, -0.05) is 121 Å². The molecule has 0 heterocycles. The van der Waals surface area contributed by atoms with E-state index in [0.717, 1.165) is 0 Å². The Morgan fingerprint density at radius 3 is 1.07 bits per heavy atom. The third-order valence-electron chi connectivity index (χ3n) is 5.65. The van der Waals surface area contributed by atoms with E-state index in [-0.39, 0.29) is 0 Å². The van der Waals surface area contributed by atoms with Crippen LogP contribution in [0.2, 0.25) is 0 Å². The van der Waals surface area contributed by atoms with E-state index >= 15 is 0 Å². The van der Waals surface area contributed by atoms with Gasteiger partial charge in [0.1, 0.15) is 0 Å². The van der Waals surface area contributed by atoms with Crippen LogP contribution in [0.1, 0.15) is 28.2 Å². The molecule has 0 spiro atoms. The molecule has 0 nitrogen and oxygen atoms in total. The van der Waals surface area contributed by atoms with Gasteiger partial charge in [0.2, 0.25) is 0 Å². The fraction of sp³-hybridized carbons (Fsp3) is 0.0714. The molecule has 5 rings (SSSR count). The van der Waals surface area contributed by atoms with Gasteiger partial charge in [-0.3, -0.25) is 0 Å². The maximum atomic E-state index is 2.27. The monoisotopic (exact) mass is 358 g/mol. The molecule has 4 aromatic rings. The lowest BCUT2D eigenvalue weighted by Gasteiger charge is -2.20. The van der Waals surface area contributed by atoms with E-state index in [4.69, 9.17) is 0 Å². The maximum absolute atomic E-state index is 2.27. The average Bonchev–Trinajstić information content (AvgIpc) is 3.52. The molecule has 1 aliphatic carbocycles. The molecule has 28 heavy (non-hydrogen) atoms. The number of rotatable bonds is 5. The predicted molar refractivity (Wildman–Crippen MR) is 118 cm³/mol. The lowest BCUT2D eigenvalue weighted by molar-refractivity contribution is 0.771. The molecule has 0 saturated heterocycles. The van der Waals surface area contributed by atoms with Crippen molar-refractivity contribution in [1.29, 1.82) is 0 Å². The van der Waals surface area contributed by atoms with E-state index < -0.39 is 0 Å². The first-order valence-corrected chi connectivity index (χ1v) is 9.88. The molecule has 0 aromatic heterocycles. The Balaban J connectivity index is 1.65. The summed E-state index contributed by atoms with van der Waals surface area (Å²) in [7, 11) is 0. The van der Waals surface area contributed by atoms with Gasteiger partial charge in [0.15, 0.2) is 0 Å². The van der Waals surface area contributed by atoms with Gasteiger partial charge in [0.05, 0.1) is 0 Å². The highest BCUT2D eigenvalue weighted by Crippen LogP contribution is 2.60. The minimum Gasteiger partial charge on any atom is -0.0622 e. The van der Waals surface area contributed by atoms with Crippen LogP contribution in [0, 0.1) is 5.92 Å². The first kappa shape index (κ1) is 16.8. The van der Waals surface area contributed by atoms with Crippen LogP contribution in [0.15, 0.2) is 121 Å². The second kappa shape index (κ2) is 7.32. The molecule has 0 N–H and O–H groups in total. The second-order valence-corrected chi connectivity index (χ2v) is 7.34. The largest absolute Gasteiger partial charge is 0.0622 e. The molecule has 134 valence electrons. The number of allylic oxidation sites excluding steroid dienone is 2. The zero-order valence-corrected chi connectivity index (χ0v) is 15.7. The van der Waals surface area contributed by atoms with Crippen LogP contribution >= 0.6 is 0 Å². The zero-order chi connectivity index (χ0) is 18.8. The van der Waals surface area contributed by atoms with Gasteiger partial charge in [0, 0.05) is 11.8 Å². The minimum absolute atomic E-state index is 0.327. The Morgan fingerprint density at radius 1 is 0.393 bits per heavy atom. The highest BCUT2D eigenvalue weighted by Gasteiger charge is 2.44. The van der Waals surface area contributed by atoms with E-state index in [0.29, 0.717) is 11.8 Å². The van der Waals surface area contributed by atoms with Crippen molar-refractivity contribution in [3.05, 3.63) is 144 Å². The molecule has 0 atom stereocenters. The highest BCUT2D eigenvalue weighted by atomic mass is 14.5. The van der Waals surface area contributed by atoms with Gasteiger partial charge < -0.3 is 0 Å². The Morgan fingerprint density at radius 2 is 0.714 bits per heavy atom. The van der Waals surface area contributed by atoms with Gasteiger partial charge in [-0.25, -0.2) is 0 Å². The van der Waals surface area contributed by atoms with E-state index in [9.17, 15) is 0 Å². The van der Waals surface area contributed by atoms with Crippen LogP contribution < -0.4 is 0 Å². The Kier molecular flexibility index (Phi) is 4.39. The lowest BCUT2D eigenvalue weighted by atomic mass is 9.83. The molecule has 1 aliphatic rings. The third-order valence-corrected chi connectivity index (χ3v) is 5.65. The molecule has 0 aliphatic heterocycles. The minimum atomic E-state index is 0.327. The van der Waals surface area contributed by atoms with Crippen LogP contribution in [-0.2, 0) is 0 Å². The fourth-order valence-electron chi connectivity index (χ4n) is 4.38. The second-order valence-electron chi connectivity index (χ2n) is 7.34. The Labute approximate surface area is 166 Å². The summed E-state index contributed by atoms with van der Waals surface area (Å²) in [6.45, 7) is 0. The molecular weight excluding hydrogens is 336 g/mol. The first-order chi connectivity index (χ1) is 13.9. The molecule has 0 bridgehead atoms. The van der Waals surface area contributed by atoms with Crippen molar-refractivity contribution in [3.63, 3.8) is 0 Å². The van der Waals surface area contributed by atoms with Crippen LogP contribution in [0.25, 0.3) is 11.1 Å². The predicted octanol–water partition coefficient (Wildman–Crippen LogP) is 7.06. The Bertz CT molecular complexity index is 989. The van der Waals surface area contributed by atoms with Gasteiger partial charge in [0.25, 0.3) is 0 Å². The van der Waals surface area contributed by atoms with E-state index in [2.05, 4.69) is 121 Å². The average molecular weight is 358 g/mol. The number of hydrogen-bond acceptors (Lipinski definition) is 0. The van der Waals surface area contributed by atoms with Crippen molar-refractivity contribution in [2.75, 3.05) is 0 Å². The van der Waals surface area contributed by atoms with Gasteiger partial charge >= 0.3 is 0 Å². The summed E-state index contributed by atoms with van der Waals surface area (Å²) in [6, 6.07) is 43.6. The van der Waals surface area contributed by atoms with Crippen LogP contribution in [0.4, 0.5) is 0 Å². The molecular formula is C28H22. The van der Waals surface area contributed by atoms with E-state index in [1.807, 2.05) is 0 Å². The molecule has 0 radical (unpaired) electrons. The van der Waals surface area contributed by atoms with Gasteiger partial charge in [-0.05, 0) is 33.4 Å². The topological polar surface area (TPSA) is 0 Å².